The first-order valence-electron chi connectivity index (χ1n) is 11.8. The van der Waals surface area contributed by atoms with E-state index in [1.165, 1.54) is 0 Å². The lowest BCUT2D eigenvalue weighted by Gasteiger charge is -2.42. The van der Waals surface area contributed by atoms with Crippen LogP contribution in [0.1, 0.15) is 47.4 Å². The predicted octanol–water partition coefficient (Wildman–Crippen LogP) is 7.51. The van der Waals surface area contributed by atoms with E-state index < -0.39 is 5.92 Å². The number of aryl methyl sites for hydroxylation is 2. The summed E-state index contributed by atoms with van der Waals surface area (Å²) in [6, 6.07) is 22.9. The highest BCUT2D eigenvalue weighted by Crippen LogP contribution is 2.48. The summed E-state index contributed by atoms with van der Waals surface area (Å²) in [6.07, 6.45) is 1.86. The first kappa shape index (κ1) is 23.1. The van der Waals surface area contributed by atoms with Gasteiger partial charge in [0.2, 0.25) is 0 Å². The maximum absolute atomic E-state index is 13.5. The first-order valence-corrected chi connectivity index (χ1v) is 12.2. The van der Waals surface area contributed by atoms with E-state index in [9.17, 15) is 15.3 Å². The predicted molar refractivity (Wildman–Crippen MR) is 142 cm³/mol. The molecule has 0 unspecified atom stereocenters. The van der Waals surface area contributed by atoms with E-state index in [-0.39, 0.29) is 17.4 Å². The Labute approximate surface area is 210 Å². The molecule has 0 spiro atoms. The quantitative estimate of drug-likeness (QED) is 0.379. The third-order valence-corrected chi connectivity index (χ3v) is 7.29. The summed E-state index contributed by atoms with van der Waals surface area (Å²) in [6.45, 7) is 3.95. The average Bonchev–Trinajstić information content (AvgIpc) is 2.86. The standard InChI is InChI=1S/C30H27ClN2O2/c1-18-11-14-20(15-12-18)26-27-24(9-6-10-25(27)34)33(22-16-13-19(2)23(31)17-22)30(32)28(26)29(35)21-7-4-3-5-8-21/h3-5,7-8,11-17,26,32,35H,6,9-10H2,1-2H3/t26-/m1/s1. The lowest BCUT2D eigenvalue weighted by molar-refractivity contribution is -0.116. The molecule has 2 aliphatic rings. The molecule has 5 heteroatoms. The molecule has 35 heavy (non-hydrogen) atoms. The highest BCUT2D eigenvalue weighted by molar-refractivity contribution is 6.32. The van der Waals surface area contributed by atoms with Crippen molar-refractivity contribution in [2.75, 3.05) is 4.90 Å². The van der Waals surface area contributed by atoms with Crippen LogP contribution in [0.4, 0.5) is 5.69 Å². The SMILES string of the molecule is Cc1ccc([C@H]2C(=C(O)c3ccccc3)C(=N)N(c3ccc(C)c(Cl)c3)C3=C2C(=O)CCC3)cc1. The van der Waals surface area contributed by atoms with Gasteiger partial charge in [0.15, 0.2) is 5.78 Å². The fourth-order valence-electron chi connectivity index (χ4n) is 5.04. The van der Waals surface area contributed by atoms with Gasteiger partial charge in [-0.05, 0) is 49.9 Å². The van der Waals surface area contributed by atoms with Crippen LogP contribution in [-0.4, -0.2) is 16.7 Å². The van der Waals surface area contributed by atoms with Crippen LogP contribution in [-0.2, 0) is 4.79 Å². The van der Waals surface area contributed by atoms with E-state index in [4.69, 9.17) is 11.6 Å². The van der Waals surface area contributed by atoms with Crippen LogP contribution in [0.3, 0.4) is 0 Å². The molecule has 4 nitrogen and oxygen atoms in total. The summed E-state index contributed by atoms with van der Waals surface area (Å²) in [7, 11) is 0. The van der Waals surface area contributed by atoms with Crippen molar-refractivity contribution in [1.29, 1.82) is 5.41 Å². The Bertz CT molecular complexity index is 1390. The number of hydrogen-bond acceptors (Lipinski definition) is 3. The van der Waals surface area contributed by atoms with E-state index in [1.54, 1.807) is 4.90 Å². The van der Waals surface area contributed by atoms with E-state index in [0.29, 0.717) is 40.3 Å². The van der Waals surface area contributed by atoms with E-state index >= 15 is 0 Å². The zero-order valence-electron chi connectivity index (χ0n) is 19.8. The number of amidine groups is 1. The third kappa shape index (κ3) is 4.08. The largest absolute Gasteiger partial charge is 0.507 e. The number of carbonyl (C=O) groups is 1. The Hall–Kier alpha value is -3.63. The van der Waals surface area contributed by atoms with Crippen LogP contribution in [0.25, 0.3) is 5.76 Å². The van der Waals surface area contributed by atoms with Crippen LogP contribution in [0.2, 0.25) is 5.02 Å². The Morgan fingerprint density at radius 1 is 1.00 bits per heavy atom. The summed E-state index contributed by atoms with van der Waals surface area (Å²) in [5.74, 6) is -0.297. The van der Waals surface area contributed by atoms with Gasteiger partial charge in [0.05, 0.1) is 0 Å². The number of halogens is 1. The van der Waals surface area contributed by atoms with Gasteiger partial charge < -0.3 is 5.11 Å². The number of carbonyl (C=O) groups excluding carboxylic acids is 1. The molecule has 2 N–H and O–H groups in total. The highest BCUT2D eigenvalue weighted by Gasteiger charge is 2.43. The zero-order valence-corrected chi connectivity index (χ0v) is 20.6. The molecule has 0 saturated carbocycles. The number of nitrogens with one attached hydrogen (secondary N) is 1. The number of aliphatic hydroxyl groups excluding tert-OH is 1. The molecule has 0 radical (unpaired) electrons. The maximum atomic E-state index is 13.5. The first-order chi connectivity index (χ1) is 16.9. The Kier molecular flexibility index (Phi) is 6.08. The topological polar surface area (TPSA) is 64.4 Å². The molecule has 0 bridgehead atoms. The second-order valence-corrected chi connectivity index (χ2v) is 9.63. The van der Waals surface area contributed by atoms with Crippen molar-refractivity contribution in [3.8, 4) is 0 Å². The van der Waals surface area contributed by atoms with E-state index in [2.05, 4.69) is 0 Å². The minimum Gasteiger partial charge on any atom is -0.507 e. The van der Waals surface area contributed by atoms with Crippen molar-refractivity contribution in [1.82, 2.24) is 0 Å². The number of benzene rings is 3. The second kappa shape index (κ2) is 9.20. The van der Waals surface area contributed by atoms with Crippen molar-refractivity contribution >= 4 is 34.7 Å². The molecule has 176 valence electrons. The van der Waals surface area contributed by atoms with Crippen molar-refractivity contribution in [2.24, 2.45) is 0 Å². The summed E-state index contributed by atoms with van der Waals surface area (Å²) in [5, 5.41) is 21.6. The molecule has 1 heterocycles. The summed E-state index contributed by atoms with van der Waals surface area (Å²) >= 11 is 6.48. The molecule has 1 aliphatic heterocycles. The molecule has 0 saturated heterocycles. The monoisotopic (exact) mass is 482 g/mol. The smallest absolute Gasteiger partial charge is 0.161 e. The second-order valence-electron chi connectivity index (χ2n) is 9.23. The highest BCUT2D eigenvalue weighted by atomic mass is 35.5. The fraction of sp³-hybridized carbons (Fsp3) is 0.200. The lowest BCUT2D eigenvalue weighted by atomic mass is 9.73. The summed E-state index contributed by atoms with van der Waals surface area (Å²) in [5.41, 5.74) is 6.16. The van der Waals surface area contributed by atoms with Gasteiger partial charge in [-0.15, -0.1) is 0 Å². The maximum Gasteiger partial charge on any atom is 0.161 e. The molecule has 0 amide bonds. The minimum atomic E-state index is -0.525. The molecule has 0 aromatic heterocycles. The van der Waals surface area contributed by atoms with Gasteiger partial charge in [-0.3, -0.25) is 15.1 Å². The van der Waals surface area contributed by atoms with Gasteiger partial charge in [-0.2, -0.15) is 0 Å². The number of hydrogen-bond donors (Lipinski definition) is 2. The molecule has 5 rings (SSSR count). The van der Waals surface area contributed by atoms with Crippen LogP contribution in [0, 0.1) is 19.3 Å². The number of rotatable bonds is 3. The number of allylic oxidation sites excluding steroid dienone is 2. The molecule has 3 aromatic carbocycles. The number of Topliss-reactive ketones (excluding diaryl/α,β-unsaturated/α-hetero) is 1. The van der Waals surface area contributed by atoms with Gasteiger partial charge in [-0.1, -0.05) is 77.8 Å². The number of nitrogens with zero attached hydrogens (tertiary/aromatic N) is 1. The van der Waals surface area contributed by atoms with Crippen LogP contribution in [0.5, 0.6) is 0 Å². The number of aliphatic hydroxyl groups is 1. The molecule has 1 aliphatic carbocycles. The number of ketones is 1. The fourth-order valence-corrected chi connectivity index (χ4v) is 5.22. The van der Waals surface area contributed by atoms with Gasteiger partial charge in [0.1, 0.15) is 11.6 Å². The van der Waals surface area contributed by atoms with Crippen molar-refractivity contribution in [2.45, 2.75) is 39.0 Å². The Balaban J connectivity index is 1.83. The molecule has 1 atom stereocenters. The van der Waals surface area contributed by atoms with Crippen LogP contribution >= 0.6 is 11.6 Å². The summed E-state index contributed by atoms with van der Waals surface area (Å²) in [4.78, 5) is 15.3. The van der Waals surface area contributed by atoms with Crippen molar-refractivity contribution in [3.63, 3.8) is 0 Å². The minimum absolute atomic E-state index is 0.00862. The van der Waals surface area contributed by atoms with Gasteiger partial charge in [0.25, 0.3) is 0 Å². The summed E-state index contributed by atoms with van der Waals surface area (Å²) < 4.78 is 0. The van der Waals surface area contributed by atoms with Crippen molar-refractivity contribution < 1.29 is 9.90 Å². The van der Waals surface area contributed by atoms with Crippen LogP contribution < -0.4 is 4.90 Å². The Morgan fingerprint density at radius 2 is 1.71 bits per heavy atom. The Morgan fingerprint density at radius 3 is 2.40 bits per heavy atom. The van der Waals surface area contributed by atoms with Gasteiger partial charge >= 0.3 is 0 Å². The normalized spacial score (nSPS) is 19.6. The molecular formula is C30H27ClN2O2. The van der Waals surface area contributed by atoms with Crippen LogP contribution in [0.15, 0.2) is 89.6 Å². The van der Waals surface area contributed by atoms with Gasteiger partial charge in [-0.25, -0.2) is 0 Å². The average molecular weight is 483 g/mol. The number of anilines is 1. The van der Waals surface area contributed by atoms with E-state index in [0.717, 1.165) is 28.8 Å². The van der Waals surface area contributed by atoms with Crippen molar-refractivity contribution in [3.05, 3.63) is 117 Å². The lowest BCUT2D eigenvalue weighted by Crippen LogP contribution is -2.42. The molecular weight excluding hydrogens is 456 g/mol. The van der Waals surface area contributed by atoms with E-state index in [1.807, 2.05) is 86.6 Å². The molecule has 0 fully saturated rings. The zero-order chi connectivity index (χ0) is 24.7. The molecule has 3 aromatic rings. The third-order valence-electron chi connectivity index (χ3n) is 6.88. The van der Waals surface area contributed by atoms with Gasteiger partial charge in [0, 0.05) is 45.5 Å².